The Balaban J connectivity index is 1.92. The number of fused-ring (bicyclic) bond motifs is 1. The first-order valence-electron chi connectivity index (χ1n) is 7.70. The number of carbonyl (C=O) groups is 1. The monoisotopic (exact) mass is 457 g/mol. The van der Waals surface area contributed by atoms with Crippen molar-refractivity contribution in [1.82, 2.24) is 0 Å². The average Bonchev–Trinajstić information content (AvgIpc) is 2.88. The van der Waals surface area contributed by atoms with Gasteiger partial charge in [-0.15, -0.1) is 23.1 Å². The minimum Gasteiger partial charge on any atom is -0.313 e. The number of benzene rings is 1. The minimum atomic E-state index is -0.478. The van der Waals surface area contributed by atoms with Crippen LogP contribution in [-0.2, 0) is 11.3 Å². The molecule has 0 fully saturated rings. The second-order valence-electron chi connectivity index (χ2n) is 6.66. The van der Waals surface area contributed by atoms with E-state index in [1.165, 1.54) is 9.77 Å². The molecule has 1 aromatic heterocycles. The lowest BCUT2D eigenvalue weighted by Crippen LogP contribution is -2.27. The molecule has 1 aliphatic carbocycles. The van der Waals surface area contributed by atoms with Gasteiger partial charge in [0.15, 0.2) is 0 Å². The molecule has 1 aliphatic rings. The second kappa shape index (κ2) is 7.43. The van der Waals surface area contributed by atoms with E-state index in [0.717, 1.165) is 27.9 Å². The Morgan fingerprint density at radius 2 is 2.00 bits per heavy atom. The second-order valence-corrected chi connectivity index (χ2v) is 10.5. The molecule has 0 atom stereocenters. The normalized spacial score (nSPS) is 17.4. The highest BCUT2D eigenvalue weighted by Crippen LogP contribution is 2.46. The highest BCUT2D eigenvalue weighted by molar-refractivity contribution is 9.11. The van der Waals surface area contributed by atoms with Crippen LogP contribution < -0.4 is 0 Å². The predicted octanol–water partition coefficient (Wildman–Crippen LogP) is 6.42. The van der Waals surface area contributed by atoms with Crippen molar-refractivity contribution in [3.05, 3.63) is 49.8 Å². The smallest absolute Gasteiger partial charge is 0.313 e. The number of thioether (sulfide) groups is 1. The lowest BCUT2D eigenvalue weighted by molar-refractivity contribution is 0.0514. The van der Waals surface area contributed by atoms with Crippen LogP contribution in [0.15, 0.2) is 37.4 Å². The SMILES string of the molecule is CSc1sc(Br)c2c1/C(=N/OC(=O)c1ccc(Cl)cc1)CC(C)(C)C2. The Bertz CT molecular complexity index is 844. The quantitative estimate of drug-likeness (QED) is 0.302. The largest absolute Gasteiger partial charge is 0.365 e. The van der Waals surface area contributed by atoms with Crippen LogP contribution in [0.5, 0.6) is 0 Å². The Morgan fingerprint density at radius 1 is 1.32 bits per heavy atom. The van der Waals surface area contributed by atoms with Gasteiger partial charge in [-0.25, -0.2) is 4.79 Å². The van der Waals surface area contributed by atoms with E-state index in [1.54, 1.807) is 47.4 Å². The molecule has 0 radical (unpaired) electrons. The highest BCUT2D eigenvalue weighted by atomic mass is 79.9. The summed E-state index contributed by atoms with van der Waals surface area (Å²) in [5, 5.41) is 4.83. The molecule has 25 heavy (non-hydrogen) atoms. The molecule has 0 N–H and O–H groups in total. The standard InChI is InChI=1S/C18H17BrClNO2S2/c1-18(2)8-12-14(17(24-3)25-15(12)19)13(9-18)21-23-16(22)10-4-6-11(20)7-5-10/h4-7H,8-9H2,1-3H3/b21-13+. The lowest BCUT2D eigenvalue weighted by Gasteiger charge is -2.30. The first-order valence-corrected chi connectivity index (χ1v) is 10.9. The summed E-state index contributed by atoms with van der Waals surface area (Å²) in [7, 11) is 0. The van der Waals surface area contributed by atoms with Crippen LogP contribution >= 0.6 is 50.6 Å². The van der Waals surface area contributed by atoms with Crippen molar-refractivity contribution in [2.75, 3.05) is 6.26 Å². The van der Waals surface area contributed by atoms with Crippen molar-refractivity contribution in [2.24, 2.45) is 10.6 Å². The van der Waals surface area contributed by atoms with Crippen LogP contribution in [-0.4, -0.2) is 17.9 Å². The van der Waals surface area contributed by atoms with Crippen molar-refractivity contribution in [3.63, 3.8) is 0 Å². The summed E-state index contributed by atoms with van der Waals surface area (Å²) in [6, 6.07) is 6.59. The molecule has 0 unspecified atom stereocenters. The molecular weight excluding hydrogens is 442 g/mol. The highest BCUT2D eigenvalue weighted by Gasteiger charge is 2.35. The van der Waals surface area contributed by atoms with Gasteiger partial charge in [0.1, 0.15) is 0 Å². The molecule has 3 nitrogen and oxygen atoms in total. The molecule has 0 aliphatic heterocycles. The maximum atomic E-state index is 12.2. The number of thiophene rings is 1. The van der Waals surface area contributed by atoms with E-state index in [-0.39, 0.29) is 5.41 Å². The Kier molecular flexibility index (Phi) is 5.63. The number of nitrogens with zero attached hydrogens (tertiary/aromatic N) is 1. The molecular formula is C18H17BrClNO2S2. The van der Waals surface area contributed by atoms with Crippen LogP contribution in [0.2, 0.25) is 5.02 Å². The summed E-state index contributed by atoms with van der Waals surface area (Å²) < 4.78 is 2.33. The van der Waals surface area contributed by atoms with Crippen LogP contribution in [0.25, 0.3) is 0 Å². The van der Waals surface area contributed by atoms with Crippen LogP contribution in [0, 0.1) is 5.41 Å². The topological polar surface area (TPSA) is 38.7 Å². The Hall–Kier alpha value is -0.820. The number of rotatable bonds is 3. The number of halogens is 2. The summed E-state index contributed by atoms with van der Waals surface area (Å²) in [6.07, 6.45) is 3.80. The van der Waals surface area contributed by atoms with Gasteiger partial charge in [0.2, 0.25) is 0 Å². The zero-order chi connectivity index (χ0) is 18.2. The molecule has 3 rings (SSSR count). The average molecular weight is 459 g/mol. The van der Waals surface area contributed by atoms with Crippen molar-refractivity contribution in [1.29, 1.82) is 0 Å². The van der Waals surface area contributed by atoms with Gasteiger partial charge >= 0.3 is 5.97 Å². The summed E-state index contributed by atoms with van der Waals surface area (Å²) >= 11 is 12.9. The molecule has 0 saturated carbocycles. The van der Waals surface area contributed by atoms with Crippen molar-refractivity contribution >= 4 is 62.3 Å². The number of oxime groups is 1. The fourth-order valence-corrected chi connectivity index (χ4v) is 6.01. The van der Waals surface area contributed by atoms with E-state index < -0.39 is 5.97 Å². The van der Waals surface area contributed by atoms with Crippen molar-refractivity contribution in [3.8, 4) is 0 Å². The van der Waals surface area contributed by atoms with E-state index in [1.807, 2.05) is 0 Å². The summed E-state index contributed by atoms with van der Waals surface area (Å²) in [6.45, 7) is 4.41. The minimum absolute atomic E-state index is 0.0672. The van der Waals surface area contributed by atoms with Gasteiger partial charge in [-0.1, -0.05) is 30.6 Å². The number of carbonyl (C=O) groups excluding carboxylic acids is 1. The zero-order valence-electron chi connectivity index (χ0n) is 14.1. The summed E-state index contributed by atoms with van der Waals surface area (Å²) in [5.74, 6) is -0.478. The number of hydrogen-bond donors (Lipinski definition) is 0. The van der Waals surface area contributed by atoms with Crippen molar-refractivity contribution in [2.45, 2.75) is 30.9 Å². The van der Waals surface area contributed by atoms with Gasteiger partial charge in [0, 0.05) is 10.6 Å². The van der Waals surface area contributed by atoms with Gasteiger partial charge in [-0.3, -0.25) is 0 Å². The molecule has 132 valence electrons. The third-order valence-electron chi connectivity index (χ3n) is 4.02. The summed E-state index contributed by atoms with van der Waals surface area (Å²) in [4.78, 5) is 17.5. The van der Waals surface area contributed by atoms with E-state index in [0.29, 0.717) is 10.6 Å². The molecule has 0 spiro atoms. The van der Waals surface area contributed by atoms with Crippen LogP contribution in [0.1, 0.15) is 41.8 Å². The molecule has 1 aromatic carbocycles. The maximum Gasteiger partial charge on any atom is 0.365 e. The fourth-order valence-electron chi connectivity index (χ4n) is 2.90. The molecule has 1 heterocycles. The van der Waals surface area contributed by atoms with Crippen LogP contribution in [0.3, 0.4) is 0 Å². The van der Waals surface area contributed by atoms with E-state index >= 15 is 0 Å². The van der Waals surface area contributed by atoms with Gasteiger partial charge in [-0.05, 0) is 70.3 Å². The summed E-state index contributed by atoms with van der Waals surface area (Å²) in [5.41, 5.74) is 3.71. The lowest BCUT2D eigenvalue weighted by atomic mass is 9.75. The van der Waals surface area contributed by atoms with E-state index in [2.05, 4.69) is 41.2 Å². The Labute approximate surface area is 168 Å². The number of hydrogen-bond acceptors (Lipinski definition) is 5. The third kappa shape index (κ3) is 4.13. The van der Waals surface area contributed by atoms with Crippen molar-refractivity contribution < 1.29 is 9.63 Å². The van der Waals surface area contributed by atoms with Gasteiger partial charge < -0.3 is 4.84 Å². The predicted molar refractivity (Wildman–Crippen MR) is 109 cm³/mol. The Morgan fingerprint density at radius 3 is 2.64 bits per heavy atom. The molecule has 0 amide bonds. The van der Waals surface area contributed by atoms with Gasteiger partial charge in [0.25, 0.3) is 0 Å². The molecule has 2 aromatic rings. The fraction of sp³-hybridized carbons (Fsp3) is 0.333. The first kappa shape index (κ1) is 19.0. The van der Waals surface area contributed by atoms with E-state index in [4.69, 9.17) is 16.4 Å². The zero-order valence-corrected chi connectivity index (χ0v) is 18.0. The molecule has 7 heteroatoms. The van der Waals surface area contributed by atoms with Gasteiger partial charge in [-0.2, -0.15) is 0 Å². The third-order valence-corrected chi connectivity index (χ3v) is 7.38. The molecule has 0 bridgehead atoms. The van der Waals surface area contributed by atoms with Crippen LogP contribution in [0.4, 0.5) is 0 Å². The first-order chi connectivity index (χ1) is 11.8. The maximum absolute atomic E-state index is 12.2. The molecule has 0 saturated heterocycles. The van der Waals surface area contributed by atoms with E-state index in [9.17, 15) is 4.79 Å². The van der Waals surface area contributed by atoms with Gasteiger partial charge in [0.05, 0.1) is 19.3 Å².